The van der Waals surface area contributed by atoms with E-state index >= 15 is 4.39 Å². The lowest BCUT2D eigenvalue weighted by atomic mass is 10.1. The molecule has 0 saturated heterocycles. The average molecular weight is 475 g/mol. The summed E-state index contributed by atoms with van der Waals surface area (Å²) >= 11 is 0. The monoisotopic (exact) mass is 475 g/mol. The van der Waals surface area contributed by atoms with E-state index in [1.54, 1.807) is 31.4 Å². The van der Waals surface area contributed by atoms with E-state index in [9.17, 15) is 14.0 Å². The van der Waals surface area contributed by atoms with Crippen LogP contribution < -0.4 is 10.9 Å². The molecule has 0 aliphatic carbocycles. The molecule has 5 heterocycles. The summed E-state index contributed by atoms with van der Waals surface area (Å²) in [5.74, 6) is -1.55. The molecule has 1 aliphatic rings. The van der Waals surface area contributed by atoms with Crippen LogP contribution in [0.2, 0.25) is 0 Å². The number of hydrogen-bond donors (Lipinski definition) is 2. The Hall–Kier alpha value is -4.38. The molecule has 0 fully saturated rings. The summed E-state index contributed by atoms with van der Waals surface area (Å²) < 4.78 is 32.3. The minimum absolute atomic E-state index is 0.000186. The lowest BCUT2D eigenvalue weighted by molar-refractivity contribution is 0.0958. The van der Waals surface area contributed by atoms with Gasteiger partial charge in [0.1, 0.15) is 11.2 Å². The first-order valence-corrected chi connectivity index (χ1v) is 10.9. The third-order valence-corrected chi connectivity index (χ3v) is 6.30. The van der Waals surface area contributed by atoms with Gasteiger partial charge in [-0.2, -0.15) is 5.10 Å². The Morgan fingerprint density at radius 3 is 2.57 bits per heavy atom. The molecule has 0 unspecified atom stereocenters. The summed E-state index contributed by atoms with van der Waals surface area (Å²) in [5.41, 5.74) is 3.16. The van der Waals surface area contributed by atoms with Crippen LogP contribution in [0.4, 0.5) is 8.78 Å². The number of carbonyl (C=O) groups is 1. The average Bonchev–Trinajstić information content (AvgIpc) is 3.54. The van der Waals surface area contributed by atoms with Gasteiger partial charge < -0.3 is 14.9 Å². The van der Waals surface area contributed by atoms with Gasteiger partial charge in [0.25, 0.3) is 11.5 Å². The van der Waals surface area contributed by atoms with Gasteiger partial charge >= 0.3 is 0 Å². The lowest BCUT2D eigenvalue weighted by Gasteiger charge is -2.17. The van der Waals surface area contributed by atoms with Gasteiger partial charge in [-0.15, -0.1) is 0 Å². The van der Waals surface area contributed by atoms with Gasteiger partial charge in [0, 0.05) is 44.6 Å². The molecule has 1 aromatic carbocycles. The summed E-state index contributed by atoms with van der Waals surface area (Å²) in [6.07, 6.45) is 6.59. The molecule has 1 amide bonds. The Morgan fingerprint density at radius 2 is 1.89 bits per heavy atom. The van der Waals surface area contributed by atoms with Crippen molar-refractivity contribution in [1.82, 2.24) is 34.4 Å². The number of H-pyrrole nitrogens is 1. The molecule has 5 aromatic rings. The Labute approximate surface area is 196 Å². The third-order valence-electron chi connectivity index (χ3n) is 6.30. The second-order valence-electron chi connectivity index (χ2n) is 8.48. The van der Waals surface area contributed by atoms with Crippen molar-refractivity contribution in [2.24, 2.45) is 0 Å². The molecule has 0 radical (unpaired) electrons. The van der Waals surface area contributed by atoms with E-state index in [1.807, 2.05) is 23.0 Å². The fraction of sp³-hybridized carbons (Fsp3) is 0.167. The number of benzene rings is 1. The summed E-state index contributed by atoms with van der Waals surface area (Å²) in [5, 5.41) is 6.42. The standard InChI is InChI=1S/C24H19F2N7O2/c1-27-23(34)18-4-3-16(6-28-18)32-11-14-9-31(10-15(14)12-32)8-13-2-5-19-21(20(13)26)30-24(35)22-17(25)7-29-33(19)22/h2-7,11-12H,8-10H2,1H3,(H,27,34)(H,30,35). The number of carbonyl (C=O) groups excluding carboxylic acids is 1. The first-order chi connectivity index (χ1) is 16.9. The third kappa shape index (κ3) is 3.39. The van der Waals surface area contributed by atoms with E-state index < -0.39 is 17.2 Å². The number of amides is 1. The van der Waals surface area contributed by atoms with Crippen molar-refractivity contribution in [2.75, 3.05) is 7.05 Å². The Balaban J connectivity index is 1.23. The van der Waals surface area contributed by atoms with Crippen molar-refractivity contribution >= 4 is 22.5 Å². The van der Waals surface area contributed by atoms with Crippen molar-refractivity contribution in [2.45, 2.75) is 19.6 Å². The van der Waals surface area contributed by atoms with Crippen LogP contribution in [-0.4, -0.2) is 42.0 Å². The lowest BCUT2D eigenvalue weighted by Crippen LogP contribution is -2.19. The van der Waals surface area contributed by atoms with Crippen LogP contribution in [0.1, 0.15) is 27.2 Å². The highest BCUT2D eigenvalue weighted by molar-refractivity contribution is 5.92. The van der Waals surface area contributed by atoms with Gasteiger partial charge in [-0.25, -0.2) is 18.3 Å². The minimum atomic E-state index is -0.755. The smallest absolute Gasteiger partial charge is 0.277 e. The molecule has 35 heavy (non-hydrogen) atoms. The predicted octanol–water partition coefficient (Wildman–Crippen LogP) is 2.52. The molecule has 0 atom stereocenters. The topological polar surface area (TPSA) is 100 Å². The van der Waals surface area contributed by atoms with E-state index in [0.29, 0.717) is 36.4 Å². The molecule has 0 saturated carbocycles. The molecule has 6 rings (SSSR count). The number of rotatable bonds is 4. The van der Waals surface area contributed by atoms with Gasteiger partial charge in [0.2, 0.25) is 0 Å². The first kappa shape index (κ1) is 21.2. The van der Waals surface area contributed by atoms with Crippen molar-refractivity contribution < 1.29 is 13.6 Å². The molecular formula is C24H19F2N7O2. The predicted molar refractivity (Wildman–Crippen MR) is 123 cm³/mol. The molecule has 4 aromatic heterocycles. The zero-order chi connectivity index (χ0) is 24.3. The molecule has 0 bridgehead atoms. The normalized spacial score (nSPS) is 13.6. The minimum Gasteiger partial charge on any atom is -0.354 e. The van der Waals surface area contributed by atoms with Crippen molar-refractivity contribution in [1.29, 1.82) is 0 Å². The maximum atomic E-state index is 15.3. The van der Waals surface area contributed by atoms with E-state index in [0.717, 1.165) is 27.5 Å². The van der Waals surface area contributed by atoms with Crippen LogP contribution in [0, 0.1) is 11.6 Å². The van der Waals surface area contributed by atoms with Crippen LogP contribution >= 0.6 is 0 Å². The second kappa shape index (κ2) is 7.84. The van der Waals surface area contributed by atoms with Crippen LogP contribution in [0.5, 0.6) is 0 Å². The zero-order valence-electron chi connectivity index (χ0n) is 18.5. The van der Waals surface area contributed by atoms with Crippen molar-refractivity contribution in [3.8, 4) is 5.69 Å². The SMILES string of the molecule is CNC(=O)c1ccc(-n2cc3c(c2)CN(Cc2ccc4c([nH]c(=O)c5c(F)cnn54)c2F)C3)cn1. The second-order valence-corrected chi connectivity index (χ2v) is 8.48. The highest BCUT2D eigenvalue weighted by atomic mass is 19.1. The van der Waals surface area contributed by atoms with Crippen LogP contribution in [0.3, 0.4) is 0 Å². The van der Waals surface area contributed by atoms with Crippen molar-refractivity contribution in [3.05, 3.63) is 93.4 Å². The Morgan fingerprint density at radius 1 is 1.11 bits per heavy atom. The van der Waals surface area contributed by atoms with Gasteiger partial charge in [-0.1, -0.05) is 6.07 Å². The number of aromatic nitrogens is 5. The molecule has 176 valence electrons. The van der Waals surface area contributed by atoms with Gasteiger partial charge in [0.05, 0.1) is 23.6 Å². The van der Waals surface area contributed by atoms with E-state index in [2.05, 4.69) is 25.3 Å². The number of aromatic amines is 1. The molecule has 2 N–H and O–H groups in total. The molecular weight excluding hydrogens is 456 g/mol. The van der Waals surface area contributed by atoms with E-state index in [4.69, 9.17) is 0 Å². The number of fused-ring (bicyclic) bond motifs is 4. The van der Waals surface area contributed by atoms with Crippen molar-refractivity contribution in [3.63, 3.8) is 0 Å². The number of nitrogens with zero attached hydrogens (tertiary/aromatic N) is 5. The fourth-order valence-corrected chi connectivity index (χ4v) is 4.58. The maximum Gasteiger partial charge on any atom is 0.277 e. The summed E-state index contributed by atoms with van der Waals surface area (Å²) in [7, 11) is 1.56. The van der Waals surface area contributed by atoms with Gasteiger partial charge in [-0.05, 0) is 29.3 Å². The van der Waals surface area contributed by atoms with Crippen LogP contribution in [0.15, 0.2) is 53.8 Å². The quantitative estimate of drug-likeness (QED) is 0.416. The number of hydrogen-bond acceptors (Lipinski definition) is 5. The fourth-order valence-electron chi connectivity index (χ4n) is 4.58. The summed E-state index contributed by atoms with van der Waals surface area (Å²) in [4.78, 5) is 32.7. The molecule has 0 spiro atoms. The summed E-state index contributed by atoms with van der Waals surface area (Å²) in [6.45, 7) is 1.60. The first-order valence-electron chi connectivity index (χ1n) is 10.9. The number of pyridine rings is 1. The largest absolute Gasteiger partial charge is 0.354 e. The van der Waals surface area contributed by atoms with E-state index in [-0.39, 0.29) is 16.9 Å². The maximum absolute atomic E-state index is 15.3. The van der Waals surface area contributed by atoms with Gasteiger partial charge in [0.15, 0.2) is 17.2 Å². The number of nitrogens with one attached hydrogen (secondary N) is 2. The molecule has 1 aliphatic heterocycles. The number of halogens is 2. The molecule has 9 nitrogen and oxygen atoms in total. The van der Waals surface area contributed by atoms with Crippen LogP contribution in [0.25, 0.3) is 22.2 Å². The zero-order valence-corrected chi connectivity index (χ0v) is 18.5. The Kier molecular flexibility index (Phi) is 4.74. The Bertz CT molecular complexity index is 1660. The van der Waals surface area contributed by atoms with Gasteiger partial charge in [-0.3, -0.25) is 14.5 Å². The van der Waals surface area contributed by atoms with Crippen LogP contribution in [-0.2, 0) is 19.6 Å². The summed E-state index contributed by atoms with van der Waals surface area (Å²) in [6, 6.07) is 6.77. The highest BCUT2D eigenvalue weighted by Crippen LogP contribution is 2.28. The highest BCUT2D eigenvalue weighted by Gasteiger charge is 2.24. The molecule has 11 heteroatoms. The van der Waals surface area contributed by atoms with E-state index in [1.165, 1.54) is 0 Å².